The zero-order valence-electron chi connectivity index (χ0n) is 11.8. The van der Waals surface area contributed by atoms with Crippen LogP contribution in [-0.2, 0) is 21.4 Å². The molecule has 0 saturated carbocycles. The molecule has 1 N–H and O–H groups in total. The van der Waals surface area contributed by atoms with E-state index in [1.165, 1.54) is 17.4 Å². The van der Waals surface area contributed by atoms with Gasteiger partial charge >= 0.3 is 5.97 Å². The number of amides is 2. The highest BCUT2D eigenvalue weighted by Crippen LogP contribution is 2.07. The molecule has 0 spiro atoms. The van der Waals surface area contributed by atoms with Gasteiger partial charge in [-0.1, -0.05) is 0 Å². The molecule has 2 aromatic rings. The van der Waals surface area contributed by atoms with E-state index in [9.17, 15) is 14.4 Å². The maximum atomic E-state index is 11.8. The van der Waals surface area contributed by atoms with Crippen molar-refractivity contribution >= 4 is 35.2 Å². The van der Waals surface area contributed by atoms with Crippen LogP contribution in [0.4, 0.5) is 0 Å². The Kier molecular flexibility index (Phi) is 5.26. The minimum absolute atomic E-state index is 0.344. The van der Waals surface area contributed by atoms with E-state index in [-0.39, 0.29) is 0 Å². The third kappa shape index (κ3) is 4.42. The Bertz CT molecular complexity index is 701. The Balaban J connectivity index is 1.77. The number of imide groups is 1. The molecule has 0 saturated heterocycles. The number of carbonyl (C=O) groups is 3. The van der Waals surface area contributed by atoms with Crippen molar-refractivity contribution in [3.8, 4) is 0 Å². The summed E-state index contributed by atoms with van der Waals surface area (Å²) in [5.41, 5.74) is 1.22. The van der Waals surface area contributed by atoms with Crippen LogP contribution in [-0.4, -0.2) is 29.0 Å². The molecule has 7 heteroatoms. The van der Waals surface area contributed by atoms with Gasteiger partial charge in [0.1, 0.15) is 5.69 Å². The molecule has 2 heterocycles. The lowest BCUT2D eigenvalue weighted by Gasteiger charge is -2.05. The van der Waals surface area contributed by atoms with Crippen LogP contribution in [0.2, 0.25) is 0 Å². The first kappa shape index (κ1) is 15.7. The van der Waals surface area contributed by atoms with Crippen LogP contribution in [0.3, 0.4) is 0 Å². The Morgan fingerprint density at radius 2 is 2.18 bits per heavy atom. The number of rotatable bonds is 5. The lowest BCUT2D eigenvalue weighted by atomic mass is 10.3. The molecule has 114 valence electrons. The lowest BCUT2D eigenvalue weighted by Crippen LogP contribution is -2.34. The number of hydrogen-bond donors (Lipinski definition) is 1. The molecule has 0 unspecified atom stereocenters. The third-order valence-corrected chi connectivity index (χ3v) is 3.43. The second kappa shape index (κ2) is 7.37. The van der Waals surface area contributed by atoms with E-state index >= 15 is 0 Å². The number of nitrogens with one attached hydrogen (secondary N) is 1. The maximum Gasteiger partial charge on any atom is 0.331 e. The number of esters is 1. The summed E-state index contributed by atoms with van der Waals surface area (Å²) in [6.07, 6.45) is 4.51. The molecule has 0 aliphatic carbocycles. The topological polar surface area (TPSA) is 77.4 Å². The second-order valence-electron chi connectivity index (χ2n) is 4.38. The summed E-state index contributed by atoms with van der Waals surface area (Å²) in [4.78, 5) is 34.7. The largest absolute Gasteiger partial charge is 0.452 e. The van der Waals surface area contributed by atoms with E-state index in [0.29, 0.717) is 5.69 Å². The zero-order valence-corrected chi connectivity index (χ0v) is 12.6. The van der Waals surface area contributed by atoms with Crippen molar-refractivity contribution in [3.05, 3.63) is 52.5 Å². The summed E-state index contributed by atoms with van der Waals surface area (Å²) in [5.74, 6) is -1.86. The van der Waals surface area contributed by atoms with Crippen LogP contribution >= 0.6 is 11.3 Å². The van der Waals surface area contributed by atoms with Gasteiger partial charge in [0.15, 0.2) is 6.61 Å². The number of thiophene rings is 1. The minimum atomic E-state index is -0.677. The van der Waals surface area contributed by atoms with E-state index in [2.05, 4.69) is 5.32 Å². The van der Waals surface area contributed by atoms with Gasteiger partial charge < -0.3 is 9.30 Å². The van der Waals surface area contributed by atoms with Crippen LogP contribution in [0.5, 0.6) is 0 Å². The maximum absolute atomic E-state index is 11.8. The van der Waals surface area contributed by atoms with Gasteiger partial charge in [-0.15, -0.1) is 0 Å². The van der Waals surface area contributed by atoms with Crippen molar-refractivity contribution in [2.45, 2.75) is 0 Å². The van der Waals surface area contributed by atoms with E-state index in [1.54, 1.807) is 36.0 Å². The number of carbonyl (C=O) groups excluding carboxylic acids is 3. The average molecular weight is 318 g/mol. The highest BCUT2D eigenvalue weighted by atomic mass is 32.1. The van der Waals surface area contributed by atoms with Gasteiger partial charge in [0, 0.05) is 19.3 Å². The second-order valence-corrected chi connectivity index (χ2v) is 5.16. The first-order valence-electron chi connectivity index (χ1n) is 6.39. The Morgan fingerprint density at radius 1 is 1.36 bits per heavy atom. The van der Waals surface area contributed by atoms with Crippen LogP contribution in [0.1, 0.15) is 16.1 Å². The standard InChI is InChI=1S/C15H14N2O4S/c1-17-7-2-3-12(17)15(20)16-13(18)9-21-14(19)5-4-11-6-8-22-10-11/h2-8,10H,9H2,1H3,(H,16,18,20)/b5-4+. The highest BCUT2D eigenvalue weighted by Gasteiger charge is 2.13. The van der Waals surface area contributed by atoms with Gasteiger partial charge in [-0.2, -0.15) is 11.3 Å². The van der Waals surface area contributed by atoms with E-state index in [4.69, 9.17) is 4.74 Å². The molecule has 0 bridgehead atoms. The molecule has 2 rings (SSSR count). The van der Waals surface area contributed by atoms with Crippen LogP contribution in [0.15, 0.2) is 41.2 Å². The number of aryl methyl sites for hydroxylation is 1. The number of nitrogens with zero attached hydrogens (tertiary/aromatic N) is 1. The SMILES string of the molecule is Cn1cccc1C(=O)NC(=O)COC(=O)/C=C/c1ccsc1. The van der Waals surface area contributed by atoms with Crippen molar-refractivity contribution in [3.63, 3.8) is 0 Å². The van der Waals surface area contributed by atoms with Gasteiger partial charge in [0.05, 0.1) is 0 Å². The zero-order chi connectivity index (χ0) is 15.9. The molecule has 2 amide bonds. The molecule has 0 aliphatic rings. The minimum Gasteiger partial charge on any atom is -0.452 e. The molecular weight excluding hydrogens is 304 g/mol. The van der Waals surface area contributed by atoms with Gasteiger partial charge in [-0.05, 0) is 40.6 Å². The van der Waals surface area contributed by atoms with Crippen LogP contribution < -0.4 is 5.32 Å². The molecule has 0 aliphatic heterocycles. The Hall–Kier alpha value is -2.67. The van der Waals surface area contributed by atoms with Crippen LogP contribution in [0, 0.1) is 0 Å². The fourth-order valence-electron chi connectivity index (χ4n) is 1.64. The normalized spacial score (nSPS) is 10.6. The molecular formula is C15H14N2O4S. The number of aromatic nitrogens is 1. The van der Waals surface area contributed by atoms with E-state index in [1.807, 2.05) is 16.8 Å². The first-order valence-corrected chi connectivity index (χ1v) is 7.33. The number of hydrogen-bond acceptors (Lipinski definition) is 5. The van der Waals surface area contributed by atoms with Crippen molar-refractivity contribution in [1.82, 2.24) is 9.88 Å². The molecule has 0 aromatic carbocycles. The van der Waals surface area contributed by atoms with Gasteiger partial charge in [-0.3, -0.25) is 14.9 Å². The van der Waals surface area contributed by atoms with E-state index in [0.717, 1.165) is 5.56 Å². The van der Waals surface area contributed by atoms with Crippen LogP contribution in [0.25, 0.3) is 6.08 Å². The summed E-state index contributed by atoms with van der Waals surface area (Å²) in [6.45, 7) is -0.511. The Labute approximate surface area is 131 Å². The third-order valence-electron chi connectivity index (χ3n) is 2.73. The lowest BCUT2D eigenvalue weighted by molar-refractivity contribution is -0.143. The smallest absolute Gasteiger partial charge is 0.331 e. The fraction of sp³-hybridized carbons (Fsp3) is 0.133. The summed E-state index contributed by atoms with van der Waals surface area (Å²) in [7, 11) is 1.69. The molecule has 6 nitrogen and oxygen atoms in total. The molecule has 22 heavy (non-hydrogen) atoms. The van der Waals surface area contributed by atoms with Crippen molar-refractivity contribution in [2.24, 2.45) is 7.05 Å². The predicted molar refractivity (Wildman–Crippen MR) is 82.2 cm³/mol. The summed E-state index contributed by atoms with van der Waals surface area (Å²) in [5, 5.41) is 5.90. The predicted octanol–water partition coefficient (Wildman–Crippen LogP) is 1.60. The molecule has 2 aromatic heterocycles. The molecule has 0 radical (unpaired) electrons. The summed E-state index contributed by atoms with van der Waals surface area (Å²) >= 11 is 1.51. The van der Waals surface area contributed by atoms with Gasteiger partial charge in [0.25, 0.3) is 11.8 Å². The number of ether oxygens (including phenoxy) is 1. The highest BCUT2D eigenvalue weighted by molar-refractivity contribution is 7.08. The molecule has 0 atom stereocenters. The first-order chi connectivity index (χ1) is 10.6. The quantitative estimate of drug-likeness (QED) is 0.671. The van der Waals surface area contributed by atoms with Crippen molar-refractivity contribution < 1.29 is 19.1 Å². The average Bonchev–Trinajstić information content (AvgIpc) is 3.14. The summed E-state index contributed by atoms with van der Waals surface area (Å²) < 4.78 is 6.34. The van der Waals surface area contributed by atoms with E-state index < -0.39 is 24.4 Å². The summed E-state index contributed by atoms with van der Waals surface area (Å²) in [6, 6.07) is 5.12. The fourth-order valence-corrected chi connectivity index (χ4v) is 2.27. The van der Waals surface area contributed by atoms with Gasteiger partial charge in [0.2, 0.25) is 0 Å². The monoisotopic (exact) mass is 318 g/mol. The van der Waals surface area contributed by atoms with Crippen molar-refractivity contribution in [1.29, 1.82) is 0 Å². The van der Waals surface area contributed by atoms with Crippen molar-refractivity contribution in [2.75, 3.05) is 6.61 Å². The Morgan fingerprint density at radius 3 is 2.82 bits per heavy atom. The molecule has 0 fully saturated rings. The van der Waals surface area contributed by atoms with Gasteiger partial charge in [-0.25, -0.2) is 4.79 Å².